The SMILES string of the molecule is CCC(C)C(NC(=O)c1ccn2c(NCc3ccccc3)c(-c3cn(C(C)=O)c4ccccc34)nc2c1)C(=O)O. The average Bonchev–Trinajstić information content (AvgIpc) is 3.52. The number of anilines is 1. The number of fused-ring (bicyclic) bond motifs is 2. The number of imidazole rings is 1. The first-order valence-corrected chi connectivity index (χ1v) is 13.2. The van der Waals surface area contributed by atoms with Crippen molar-refractivity contribution in [3.8, 4) is 11.3 Å². The Labute approximate surface area is 231 Å². The molecular formula is C31H31N5O4. The summed E-state index contributed by atoms with van der Waals surface area (Å²) < 4.78 is 3.47. The van der Waals surface area contributed by atoms with Crippen LogP contribution in [0.1, 0.15) is 47.9 Å². The minimum atomic E-state index is -1.07. The molecule has 1 amide bonds. The normalized spacial score (nSPS) is 12.8. The van der Waals surface area contributed by atoms with Gasteiger partial charge in [0.2, 0.25) is 5.91 Å². The van der Waals surface area contributed by atoms with Crippen molar-refractivity contribution in [3.05, 3.63) is 90.3 Å². The summed E-state index contributed by atoms with van der Waals surface area (Å²) in [6, 6.07) is 19.9. The van der Waals surface area contributed by atoms with Crippen molar-refractivity contribution >= 4 is 40.2 Å². The van der Waals surface area contributed by atoms with Crippen LogP contribution in [0.4, 0.5) is 5.82 Å². The van der Waals surface area contributed by atoms with Crippen LogP contribution in [0.25, 0.3) is 27.8 Å². The summed E-state index contributed by atoms with van der Waals surface area (Å²) in [6.07, 6.45) is 4.15. The Balaban J connectivity index is 1.61. The Morgan fingerprint density at radius 3 is 2.45 bits per heavy atom. The second kappa shape index (κ2) is 11.1. The zero-order valence-corrected chi connectivity index (χ0v) is 22.6. The van der Waals surface area contributed by atoms with Crippen molar-refractivity contribution in [2.24, 2.45) is 5.92 Å². The fourth-order valence-corrected chi connectivity index (χ4v) is 4.86. The number of carboxylic acid groups (broad SMARTS) is 1. The number of hydrogen-bond acceptors (Lipinski definition) is 5. The van der Waals surface area contributed by atoms with Crippen molar-refractivity contribution in [1.29, 1.82) is 0 Å². The molecule has 0 saturated heterocycles. The highest BCUT2D eigenvalue weighted by atomic mass is 16.4. The molecule has 0 aliphatic rings. The van der Waals surface area contributed by atoms with Crippen LogP contribution in [0.3, 0.4) is 0 Å². The second-order valence-electron chi connectivity index (χ2n) is 9.92. The quantitative estimate of drug-likeness (QED) is 0.230. The molecule has 204 valence electrons. The van der Waals surface area contributed by atoms with Crippen molar-refractivity contribution in [2.45, 2.75) is 39.8 Å². The number of nitrogens with zero attached hydrogens (tertiary/aromatic N) is 3. The number of carbonyl (C=O) groups is 3. The molecule has 0 saturated carbocycles. The molecular weight excluding hydrogens is 506 g/mol. The predicted octanol–water partition coefficient (Wildman–Crippen LogP) is 5.46. The first-order chi connectivity index (χ1) is 19.3. The topological polar surface area (TPSA) is 118 Å². The fourth-order valence-electron chi connectivity index (χ4n) is 4.86. The molecule has 2 unspecified atom stereocenters. The van der Waals surface area contributed by atoms with E-state index in [4.69, 9.17) is 4.98 Å². The number of amides is 1. The molecule has 0 radical (unpaired) electrons. The van der Waals surface area contributed by atoms with Gasteiger partial charge in [-0.3, -0.25) is 18.6 Å². The van der Waals surface area contributed by atoms with Gasteiger partial charge in [-0.05, 0) is 29.7 Å². The number of carbonyl (C=O) groups excluding carboxylic acids is 2. The zero-order valence-electron chi connectivity index (χ0n) is 22.6. The third-order valence-corrected chi connectivity index (χ3v) is 7.26. The summed E-state index contributed by atoms with van der Waals surface area (Å²) in [7, 11) is 0. The first-order valence-electron chi connectivity index (χ1n) is 13.2. The van der Waals surface area contributed by atoms with E-state index in [-0.39, 0.29) is 11.8 Å². The lowest BCUT2D eigenvalue weighted by atomic mass is 9.99. The fraction of sp³-hybridized carbons (Fsp3) is 0.226. The maximum absolute atomic E-state index is 13.1. The number of aromatic nitrogens is 3. The summed E-state index contributed by atoms with van der Waals surface area (Å²) in [5.41, 5.74) is 4.08. The molecule has 0 spiro atoms. The minimum absolute atomic E-state index is 0.113. The van der Waals surface area contributed by atoms with Crippen LogP contribution < -0.4 is 10.6 Å². The van der Waals surface area contributed by atoms with Crippen molar-refractivity contribution in [2.75, 3.05) is 5.32 Å². The molecule has 0 aliphatic carbocycles. The number of nitrogens with one attached hydrogen (secondary N) is 2. The van der Waals surface area contributed by atoms with Crippen molar-refractivity contribution in [1.82, 2.24) is 19.3 Å². The summed E-state index contributed by atoms with van der Waals surface area (Å²) in [6.45, 7) is 5.73. The zero-order chi connectivity index (χ0) is 28.4. The number of hydrogen-bond donors (Lipinski definition) is 3. The molecule has 0 aliphatic heterocycles. The van der Waals surface area contributed by atoms with Crippen LogP contribution >= 0.6 is 0 Å². The molecule has 3 heterocycles. The largest absolute Gasteiger partial charge is 0.480 e. The van der Waals surface area contributed by atoms with E-state index in [2.05, 4.69) is 10.6 Å². The predicted molar refractivity (Wildman–Crippen MR) is 155 cm³/mol. The van der Waals surface area contributed by atoms with E-state index in [1.165, 1.54) is 6.92 Å². The van der Waals surface area contributed by atoms with E-state index < -0.39 is 17.9 Å². The number of para-hydroxylation sites is 1. The Hall–Kier alpha value is -4.92. The second-order valence-corrected chi connectivity index (χ2v) is 9.92. The van der Waals surface area contributed by atoms with E-state index >= 15 is 0 Å². The van der Waals surface area contributed by atoms with Crippen LogP contribution in [0.15, 0.2) is 79.1 Å². The Morgan fingerprint density at radius 2 is 1.75 bits per heavy atom. The maximum atomic E-state index is 13.1. The van der Waals surface area contributed by atoms with Gasteiger partial charge in [0.25, 0.3) is 5.91 Å². The van der Waals surface area contributed by atoms with E-state index in [0.29, 0.717) is 35.7 Å². The third-order valence-electron chi connectivity index (χ3n) is 7.26. The smallest absolute Gasteiger partial charge is 0.326 e. The molecule has 2 aromatic carbocycles. The molecule has 0 fully saturated rings. The van der Waals surface area contributed by atoms with Crippen LogP contribution in [0.5, 0.6) is 0 Å². The molecule has 0 bridgehead atoms. The van der Waals surface area contributed by atoms with Gasteiger partial charge in [0, 0.05) is 42.4 Å². The number of aliphatic carboxylic acids is 1. The molecule has 40 heavy (non-hydrogen) atoms. The maximum Gasteiger partial charge on any atom is 0.326 e. The van der Waals surface area contributed by atoms with Gasteiger partial charge < -0.3 is 15.7 Å². The van der Waals surface area contributed by atoms with E-state index in [1.54, 1.807) is 36.0 Å². The summed E-state index contributed by atoms with van der Waals surface area (Å²) >= 11 is 0. The van der Waals surface area contributed by atoms with Crippen molar-refractivity contribution in [3.63, 3.8) is 0 Å². The monoisotopic (exact) mass is 537 g/mol. The van der Waals surface area contributed by atoms with E-state index in [0.717, 1.165) is 22.0 Å². The molecule has 2 atom stereocenters. The lowest BCUT2D eigenvalue weighted by molar-refractivity contribution is -0.140. The van der Waals surface area contributed by atoms with Crippen molar-refractivity contribution < 1.29 is 19.5 Å². The van der Waals surface area contributed by atoms with Gasteiger partial charge in [0.1, 0.15) is 23.2 Å². The minimum Gasteiger partial charge on any atom is -0.480 e. The average molecular weight is 538 g/mol. The summed E-state index contributed by atoms with van der Waals surface area (Å²) in [5, 5.41) is 16.7. The standard InChI is InChI=1S/C31H31N5O4/c1-4-19(2)27(31(39)40)34-30(38)22-14-15-35-26(16-22)33-28(29(35)32-17-21-10-6-5-7-11-21)24-18-36(20(3)37)25-13-9-8-12-23(24)25/h5-16,18-19,27,32H,4,17H2,1-3H3,(H,34,38)(H,39,40). The molecule has 3 N–H and O–H groups in total. The molecule has 5 rings (SSSR count). The Bertz CT molecular complexity index is 1720. The van der Waals surface area contributed by atoms with Gasteiger partial charge in [-0.2, -0.15) is 0 Å². The third kappa shape index (κ3) is 5.05. The lowest BCUT2D eigenvalue weighted by Crippen LogP contribution is -2.45. The number of rotatable bonds is 9. The highest BCUT2D eigenvalue weighted by Crippen LogP contribution is 2.36. The van der Waals surface area contributed by atoms with Crippen LogP contribution in [-0.4, -0.2) is 42.9 Å². The van der Waals surface area contributed by atoms with E-state index in [9.17, 15) is 19.5 Å². The Morgan fingerprint density at radius 1 is 1.02 bits per heavy atom. The first kappa shape index (κ1) is 26.7. The van der Waals surface area contributed by atoms with Gasteiger partial charge in [0.05, 0.1) is 5.52 Å². The summed E-state index contributed by atoms with van der Waals surface area (Å²) in [5.74, 6) is -1.18. The van der Waals surface area contributed by atoms with Gasteiger partial charge >= 0.3 is 5.97 Å². The van der Waals surface area contributed by atoms with Crippen LogP contribution in [0, 0.1) is 5.92 Å². The molecule has 3 aromatic heterocycles. The van der Waals surface area contributed by atoms with E-state index in [1.807, 2.05) is 65.9 Å². The van der Waals surface area contributed by atoms with Crippen LogP contribution in [0.2, 0.25) is 0 Å². The molecule has 9 nitrogen and oxygen atoms in total. The number of carboxylic acids is 1. The number of benzene rings is 2. The summed E-state index contributed by atoms with van der Waals surface area (Å²) in [4.78, 5) is 42.2. The van der Waals surface area contributed by atoms with Gasteiger partial charge in [-0.15, -0.1) is 0 Å². The highest BCUT2D eigenvalue weighted by molar-refractivity contribution is 6.03. The van der Waals surface area contributed by atoms with Crippen LogP contribution in [-0.2, 0) is 11.3 Å². The molecule has 5 aromatic rings. The van der Waals surface area contributed by atoms with Gasteiger partial charge in [-0.1, -0.05) is 68.8 Å². The Kier molecular flexibility index (Phi) is 7.37. The van der Waals surface area contributed by atoms with Gasteiger partial charge in [-0.25, -0.2) is 9.78 Å². The lowest BCUT2D eigenvalue weighted by Gasteiger charge is -2.20. The highest BCUT2D eigenvalue weighted by Gasteiger charge is 2.26. The number of pyridine rings is 1. The molecule has 9 heteroatoms. The van der Waals surface area contributed by atoms with Gasteiger partial charge in [0.15, 0.2) is 0 Å².